The molecule has 1 aliphatic carbocycles. The van der Waals surface area contributed by atoms with Gasteiger partial charge in [0.2, 0.25) is 5.91 Å². The van der Waals surface area contributed by atoms with Gasteiger partial charge in [-0.15, -0.1) is 0 Å². The highest BCUT2D eigenvalue weighted by molar-refractivity contribution is 5.95. The second-order valence-corrected chi connectivity index (χ2v) is 5.61. The van der Waals surface area contributed by atoms with E-state index in [9.17, 15) is 13.6 Å². The van der Waals surface area contributed by atoms with E-state index in [1.165, 1.54) is 0 Å². The zero-order valence-corrected chi connectivity index (χ0v) is 11.3. The number of benzene rings is 1. The number of nitrogens with zero attached hydrogens (tertiary/aromatic N) is 2. The minimum atomic E-state index is -2.45. The van der Waals surface area contributed by atoms with Crippen LogP contribution in [0.1, 0.15) is 12.8 Å². The topological polar surface area (TPSA) is 23.6 Å². The molecular weight excluding hydrogens is 262 g/mol. The van der Waals surface area contributed by atoms with Crippen molar-refractivity contribution >= 4 is 11.6 Å². The number of hydrogen-bond acceptors (Lipinski definition) is 2. The van der Waals surface area contributed by atoms with Crippen LogP contribution in [0.15, 0.2) is 30.3 Å². The van der Waals surface area contributed by atoms with Crippen LogP contribution in [0.5, 0.6) is 0 Å². The number of anilines is 1. The van der Waals surface area contributed by atoms with Gasteiger partial charge in [-0.05, 0) is 25.1 Å². The smallest absolute Gasteiger partial charge is 0.251 e. The lowest BCUT2D eigenvalue weighted by Crippen LogP contribution is -2.50. The molecule has 1 amide bonds. The van der Waals surface area contributed by atoms with Gasteiger partial charge in [-0.1, -0.05) is 18.2 Å². The van der Waals surface area contributed by atoms with Crippen molar-refractivity contribution in [2.45, 2.75) is 18.8 Å². The molecule has 2 fully saturated rings. The molecule has 1 atom stereocenters. The van der Waals surface area contributed by atoms with Crippen molar-refractivity contribution < 1.29 is 13.6 Å². The van der Waals surface area contributed by atoms with Gasteiger partial charge < -0.3 is 4.90 Å². The van der Waals surface area contributed by atoms with Crippen LogP contribution in [0.25, 0.3) is 0 Å². The Kier molecular flexibility index (Phi) is 3.46. The summed E-state index contributed by atoms with van der Waals surface area (Å²) in [6, 6.07) is 9.56. The molecule has 3 rings (SSSR count). The van der Waals surface area contributed by atoms with E-state index in [0.717, 1.165) is 12.2 Å². The Labute approximate surface area is 117 Å². The van der Waals surface area contributed by atoms with E-state index >= 15 is 0 Å². The SMILES string of the molecule is O=C1CN(CC[C@H]2CC2(F)F)CCN1c1ccccc1. The molecule has 1 saturated carbocycles. The lowest BCUT2D eigenvalue weighted by Gasteiger charge is -2.34. The first-order valence-corrected chi connectivity index (χ1v) is 7.02. The van der Waals surface area contributed by atoms with E-state index in [2.05, 4.69) is 0 Å². The van der Waals surface area contributed by atoms with E-state index in [-0.39, 0.29) is 12.3 Å². The Balaban J connectivity index is 1.51. The third-order valence-electron chi connectivity index (χ3n) is 4.12. The fourth-order valence-electron chi connectivity index (χ4n) is 2.71. The molecule has 2 aliphatic rings. The normalized spacial score (nSPS) is 25.8. The zero-order chi connectivity index (χ0) is 14.2. The molecule has 0 spiro atoms. The number of amides is 1. The van der Waals surface area contributed by atoms with E-state index in [4.69, 9.17) is 0 Å². The van der Waals surface area contributed by atoms with Gasteiger partial charge in [0, 0.05) is 31.1 Å². The molecule has 0 N–H and O–H groups in total. The highest BCUT2D eigenvalue weighted by Crippen LogP contribution is 2.50. The molecule has 0 unspecified atom stereocenters. The molecule has 108 valence electrons. The number of carbonyl (C=O) groups excluding carboxylic acids is 1. The molecule has 0 radical (unpaired) electrons. The van der Waals surface area contributed by atoms with Crippen LogP contribution in [-0.2, 0) is 4.79 Å². The number of rotatable bonds is 4. The van der Waals surface area contributed by atoms with Crippen LogP contribution in [0, 0.1) is 5.92 Å². The number of halogens is 2. The van der Waals surface area contributed by atoms with E-state index in [1.807, 2.05) is 35.2 Å². The van der Waals surface area contributed by atoms with Gasteiger partial charge in [0.05, 0.1) is 6.54 Å². The maximum atomic E-state index is 12.8. The van der Waals surface area contributed by atoms with Gasteiger partial charge in [-0.2, -0.15) is 0 Å². The second kappa shape index (κ2) is 5.13. The lowest BCUT2D eigenvalue weighted by molar-refractivity contribution is -0.121. The van der Waals surface area contributed by atoms with Gasteiger partial charge in [-0.3, -0.25) is 9.69 Å². The molecular formula is C15H18F2N2O. The summed E-state index contributed by atoms with van der Waals surface area (Å²) in [5, 5.41) is 0. The van der Waals surface area contributed by atoms with Crippen LogP contribution in [0.3, 0.4) is 0 Å². The van der Waals surface area contributed by atoms with Crippen molar-refractivity contribution in [2.75, 3.05) is 31.1 Å². The van der Waals surface area contributed by atoms with Crippen LogP contribution in [0.4, 0.5) is 14.5 Å². The van der Waals surface area contributed by atoms with Crippen LogP contribution >= 0.6 is 0 Å². The summed E-state index contributed by atoms with van der Waals surface area (Å²) in [4.78, 5) is 15.9. The van der Waals surface area contributed by atoms with E-state index in [1.54, 1.807) is 4.90 Å². The Morgan fingerprint density at radius 2 is 1.90 bits per heavy atom. The molecule has 1 aliphatic heterocycles. The fourth-order valence-corrected chi connectivity index (χ4v) is 2.71. The molecule has 20 heavy (non-hydrogen) atoms. The molecule has 0 aromatic heterocycles. The van der Waals surface area contributed by atoms with Crippen molar-refractivity contribution in [3.05, 3.63) is 30.3 Å². The average Bonchev–Trinajstić information content (AvgIpc) is 3.05. The predicted octanol–water partition coefficient (Wildman–Crippen LogP) is 2.38. The number of hydrogen-bond donors (Lipinski definition) is 0. The number of piperazine rings is 1. The van der Waals surface area contributed by atoms with Gasteiger partial charge in [0.1, 0.15) is 0 Å². The Hall–Kier alpha value is -1.49. The van der Waals surface area contributed by atoms with Crippen molar-refractivity contribution in [1.29, 1.82) is 0 Å². The number of carbonyl (C=O) groups is 1. The van der Waals surface area contributed by atoms with Crippen molar-refractivity contribution in [3.8, 4) is 0 Å². The second-order valence-electron chi connectivity index (χ2n) is 5.61. The Bertz CT molecular complexity index is 492. The molecule has 3 nitrogen and oxygen atoms in total. The largest absolute Gasteiger partial charge is 0.310 e. The summed E-state index contributed by atoms with van der Waals surface area (Å²) < 4.78 is 25.6. The average molecular weight is 280 g/mol. The van der Waals surface area contributed by atoms with Gasteiger partial charge in [-0.25, -0.2) is 8.78 Å². The first-order chi connectivity index (χ1) is 9.56. The standard InChI is InChI=1S/C15H18F2N2O/c16-15(17)10-12(15)6-7-18-8-9-19(14(20)11-18)13-4-2-1-3-5-13/h1-5,12H,6-11H2/t12-/m0/s1. The lowest BCUT2D eigenvalue weighted by atomic mass is 10.2. The Morgan fingerprint density at radius 3 is 2.50 bits per heavy atom. The zero-order valence-electron chi connectivity index (χ0n) is 11.3. The highest BCUT2D eigenvalue weighted by atomic mass is 19.3. The quantitative estimate of drug-likeness (QED) is 0.845. The minimum Gasteiger partial charge on any atom is -0.310 e. The first kappa shape index (κ1) is 13.5. The van der Waals surface area contributed by atoms with Gasteiger partial charge >= 0.3 is 0 Å². The summed E-state index contributed by atoms with van der Waals surface area (Å²) in [6.07, 6.45) is 0.510. The number of para-hydroxylation sites is 1. The summed E-state index contributed by atoms with van der Waals surface area (Å²) in [5.41, 5.74) is 0.908. The third-order valence-corrected chi connectivity index (χ3v) is 4.12. The highest BCUT2D eigenvalue weighted by Gasteiger charge is 2.56. The molecule has 1 aromatic carbocycles. The van der Waals surface area contributed by atoms with Crippen molar-refractivity contribution in [2.24, 2.45) is 5.92 Å². The molecule has 0 bridgehead atoms. The molecule has 5 heteroatoms. The van der Waals surface area contributed by atoms with Crippen LogP contribution in [0.2, 0.25) is 0 Å². The third kappa shape index (κ3) is 2.82. The summed E-state index contributed by atoms with van der Waals surface area (Å²) in [6.45, 7) is 2.30. The molecule has 1 saturated heterocycles. The van der Waals surface area contributed by atoms with Gasteiger partial charge in [0.15, 0.2) is 0 Å². The summed E-state index contributed by atoms with van der Waals surface area (Å²) in [7, 11) is 0. The van der Waals surface area contributed by atoms with E-state index in [0.29, 0.717) is 26.1 Å². The van der Waals surface area contributed by atoms with E-state index < -0.39 is 11.8 Å². The maximum Gasteiger partial charge on any atom is 0.251 e. The fraction of sp³-hybridized carbons (Fsp3) is 0.533. The minimum absolute atomic E-state index is 0.0188. The molecule has 1 aromatic rings. The summed E-state index contributed by atoms with van der Waals surface area (Å²) >= 11 is 0. The maximum absolute atomic E-state index is 12.8. The first-order valence-electron chi connectivity index (χ1n) is 7.02. The van der Waals surface area contributed by atoms with Crippen molar-refractivity contribution in [1.82, 2.24) is 4.90 Å². The number of alkyl halides is 2. The molecule has 1 heterocycles. The predicted molar refractivity (Wildman–Crippen MR) is 72.9 cm³/mol. The van der Waals surface area contributed by atoms with Crippen LogP contribution < -0.4 is 4.90 Å². The van der Waals surface area contributed by atoms with Gasteiger partial charge in [0.25, 0.3) is 5.92 Å². The van der Waals surface area contributed by atoms with Crippen LogP contribution in [-0.4, -0.2) is 42.9 Å². The monoisotopic (exact) mass is 280 g/mol. The summed E-state index contributed by atoms with van der Waals surface area (Å²) in [5.74, 6) is -2.87. The Morgan fingerprint density at radius 1 is 1.20 bits per heavy atom. The van der Waals surface area contributed by atoms with Crippen molar-refractivity contribution in [3.63, 3.8) is 0 Å².